The van der Waals surface area contributed by atoms with Gasteiger partial charge in [-0.15, -0.1) is 0 Å². The van der Waals surface area contributed by atoms with Crippen molar-refractivity contribution in [1.29, 1.82) is 0 Å². The molecule has 1 aromatic rings. The van der Waals surface area contributed by atoms with Crippen LogP contribution in [0.25, 0.3) is 0 Å². The number of aliphatic hydroxyl groups excluding tert-OH is 1. The van der Waals surface area contributed by atoms with Crippen molar-refractivity contribution in [3.05, 3.63) is 29.8 Å². The fourth-order valence-electron chi connectivity index (χ4n) is 2.45. The first-order valence-corrected chi connectivity index (χ1v) is 8.72. The molecule has 0 amide bonds. The second kappa shape index (κ2) is 6.87. The van der Waals surface area contributed by atoms with Crippen LogP contribution in [0.2, 0.25) is 0 Å². The van der Waals surface area contributed by atoms with Gasteiger partial charge >= 0.3 is 0 Å². The molecule has 0 saturated carbocycles. The Hall–Kier alpha value is -0.950. The Morgan fingerprint density at radius 3 is 2.57 bits per heavy atom. The summed E-state index contributed by atoms with van der Waals surface area (Å²) in [5.41, 5.74) is 1.03. The summed E-state index contributed by atoms with van der Waals surface area (Å²) in [7, 11) is -3.48. The van der Waals surface area contributed by atoms with Gasteiger partial charge in [0.1, 0.15) is 0 Å². The highest BCUT2D eigenvalue weighted by molar-refractivity contribution is 7.89. The van der Waals surface area contributed by atoms with Gasteiger partial charge in [0.05, 0.1) is 17.6 Å². The fraction of sp³-hybridized carbons (Fsp3) is 0.600. The predicted molar refractivity (Wildman–Crippen MR) is 80.6 cm³/mol. The van der Waals surface area contributed by atoms with Gasteiger partial charge in [-0.3, -0.25) is 0 Å². The molecule has 0 aliphatic carbocycles. The van der Waals surface area contributed by atoms with Crippen molar-refractivity contribution < 1.29 is 18.3 Å². The normalized spacial score (nSPS) is 24.1. The number of morpholine rings is 1. The molecular weight excluding hydrogens is 290 g/mol. The van der Waals surface area contributed by atoms with E-state index >= 15 is 0 Å². The van der Waals surface area contributed by atoms with E-state index in [2.05, 4.69) is 0 Å². The van der Waals surface area contributed by atoms with Gasteiger partial charge in [0, 0.05) is 19.2 Å². The zero-order valence-electron chi connectivity index (χ0n) is 12.5. The van der Waals surface area contributed by atoms with Crippen molar-refractivity contribution in [2.75, 3.05) is 19.8 Å². The minimum Gasteiger partial charge on any atom is -0.396 e. The summed E-state index contributed by atoms with van der Waals surface area (Å²) < 4.78 is 32.4. The van der Waals surface area contributed by atoms with Crippen molar-refractivity contribution in [3.63, 3.8) is 0 Å². The third kappa shape index (κ3) is 3.83. The number of hydrogen-bond acceptors (Lipinski definition) is 4. The number of rotatable bonds is 5. The van der Waals surface area contributed by atoms with Crippen molar-refractivity contribution in [1.82, 2.24) is 4.31 Å². The highest BCUT2D eigenvalue weighted by Gasteiger charge is 2.33. The van der Waals surface area contributed by atoms with Crippen molar-refractivity contribution >= 4 is 10.0 Å². The Kier molecular flexibility index (Phi) is 5.37. The number of aryl methyl sites for hydroxylation is 1. The smallest absolute Gasteiger partial charge is 0.243 e. The molecular formula is C15H23NO4S. The highest BCUT2D eigenvalue weighted by atomic mass is 32.2. The van der Waals surface area contributed by atoms with Crippen molar-refractivity contribution in [2.24, 2.45) is 0 Å². The maximum atomic E-state index is 12.7. The van der Waals surface area contributed by atoms with Crippen LogP contribution < -0.4 is 0 Å². The molecule has 0 bridgehead atoms. The first-order valence-electron chi connectivity index (χ1n) is 7.28. The van der Waals surface area contributed by atoms with E-state index in [0.717, 1.165) is 12.0 Å². The molecule has 5 nitrogen and oxygen atoms in total. The SMILES string of the molecule is CC1CN(S(=O)(=O)c2ccc(CCCO)cc2)C(C)CO1. The van der Waals surface area contributed by atoms with Gasteiger partial charge in [0.2, 0.25) is 10.0 Å². The Bertz CT molecular complexity index is 556. The number of ether oxygens (including phenoxy) is 1. The summed E-state index contributed by atoms with van der Waals surface area (Å²) >= 11 is 0. The third-order valence-corrected chi connectivity index (χ3v) is 5.70. The molecule has 1 saturated heterocycles. The van der Waals surface area contributed by atoms with Gasteiger partial charge in [-0.25, -0.2) is 8.42 Å². The third-order valence-electron chi connectivity index (χ3n) is 3.70. The summed E-state index contributed by atoms with van der Waals surface area (Å²) in [6, 6.07) is 6.78. The summed E-state index contributed by atoms with van der Waals surface area (Å²) in [6.45, 7) is 4.69. The largest absolute Gasteiger partial charge is 0.396 e. The van der Waals surface area contributed by atoms with Crippen LogP contribution in [-0.2, 0) is 21.2 Å². The molecule has 1 aliphatic heterocycles. The first-order chi connectivity index (χ1) is 9.95. The molecule has 1 aromatic carbocycles. The van der Waals surface area contributed by atoms with Crippen LogP contribution in [0.15, 0.2) is 29.2 Å². The zero-order chi connectivity index (χ0) is 15.5. The molecule has 1 heterocycles. The van der Waals surface area contributed by atoms with E-state index in [-0.39, 0.29) is 18.8 Å². The molecule has 21 heavy (non-hydrogen) atoms. The Balaban J connectivity index is 2.18. The van der Waals surface area contributed by atoms with E-state index in [4.69, 9.17) is 9.84 Å². The quantitative estimate of drug-likeness (QED) is 0.892. The maximum absolute atomic E-state index is 12.7. The topological polar surface area (TPSA) is 66.8 Å². The lowest BCUT2D eigenvalue weighted by atomic mass is 10.1. The van der Waals surface area contributed by atoms with Gasteiger partial charge in [0.15, 0.2) is 0 Å². The summed E-state index contributed by atoms with van der Waals surface area (Å²) in [6.07, 6.45) is 1.35. The molecule has 118 valence electrons. The van der Waals surface area contributed by atoms with E-state index in [0.29, 0.717) is 24.5 Å². The predicted octanol–water partition coefficient (Wildman–Crippen LogP) is 1.41. The van der Waals surface area contributed by atoms with E-state index < -0.39 is 10.0 Å². The van der Waals surface area contributed by atoms with Crippen LogP contribution in [0.4, 0.5) is 0 Å². The van der Waals surface area contributed by atoms with Gasteiger partial charge < -0.3 is 9.84 Å². The molecule has 2 atom stereocenters. The monoisotopic (exact) mass is 313 g/mol. The molecule has 0 spiro atoms. The lowest BCUT2D eigenvalue weighted by molar-refractivity contribution is -0.0170. The molecule has 0 aromatic heterocycles. The van der Waals surface area contributed by atoms with Crippen LogP contribution in [0, 0.1) is 0 Å². The molecule has 1 N–H and O–H groups in total. The summed E-state index contributed by atoms with van der Waals surface area (Å²) in [5, 5.41) is 8.82. The average molecular weight is 313 g/mol. The number of hydrogen-bond donors (Lipinski definition) is 1. The van der Waals surface area contributed by atoms with Crippen LogP contribution in [0.3, 0.4) is 0 Å². The zero-order valence-corrected chi connectivity index (χ0v) is 13.3. The maximum Gasteiger partial charge on any atom is 0.243 e. The number of sulfonamides is 1. The van der Waals surface area contributed by atoms with Crippen LogP contribution in [0.5, 0.6) is 0 Å². The Morgan fingerprint density at radius 1 is 1.29 bits per heavy atom. The second-order valence-electron chi connectivity index (χ2n) is 5.54. The van der Waals surface area contributed by atoms with Gasteiger partial charge in [-0.1, -0.05) is 12.1 Å². The lowest BCUT2D eigenvalue weighted by Gasteiger charge is -2.35. The number of benzene rings is 1. The number of nitrogens with zero attached hydrogens (tertiary/aromatic N) is 1. The minimum atomic E-state index is -3.48. The van der Waals surface area contributed by atoms with Crippen LogP contribution in [0.1, 0.15) is 25.8 Å². The Morgan fingerprint density at radius 2 is 1.95 bits per heavy atom. The summed E-state index contributed by atoms with van der Waals surface area (Å²) in [5.74, 6) is 0. The van der Waals surface area contributed by atoms with E-state index in [9.17, 15) is 8.42 Å². The van der Waals surface area contributed by atoms with E-state index in [1.807, 2.05) is 26.0 Å². The molecule has 2 rings (SSSR count). The van der Waals surface area contributed by atoms with Crippen molar-refractivity contribution in [2.45, 2.75) is 43.7 Å². The molecule has 1 aliphatic rings. The minimum absolute atomic E-state index is 0.0835. The number of aliphatic hydroxyl groups is 1. The first kappa shape index (κ1) is 16.4. The van der Waals surface area contributed by atoms with Gasteiger partial charge in [-0.2, -0.15) is 4.31 Å². The second-order valence-corrected chi connectivity index (χ2v) is 7.43. The average Bonchev–Trinajstić information content (AvgIpc) is 2.48. The van der Waals surface area contributed by atoms with Crippen molar-refractivity contribution in [3.8, 4) is 0 Å². The summed E-state index contributed by atoms with van der Waals surface area (Å²) in [4.78, 5) is 0.316. The lowest BCUT2D eigenvalue weighted by Crippen LogP contribution is -2.50. The fourth-order valence-corrected chi connectivity index (χ4v) is 4.15. The van der Waals surface area contributed by atoms with Crippen LogP contribution in [-0.4, -0.2) is 49.7 Å². The Labute approximate surface area is 126 Å². The molecule has 6 heteroatoms. The molecule has 1 fully saturated rings. The van der Waals surface area contributed by atoms with Gasteiger partial charge in [-0.05, 0) is 44.4 Å². The standard InChI is InChI=1S/C15H23NO4S/c1-12-11-20-13(2)10-16(12)21(18,19)15-7-5-14(6-8-15)4-3-9-17/h5-8,12-13,17H,3-4,9-11H2,1-2H3. The molecule has 2 unspecified atom stereocenters. The molecule has 0 radical (unpaired) electrons. The van der Waals surface area contributed by atoms with Crippen LogP contribution >= 0.6 is 0 Å². The van der Waals surface area contributed by atoms with E-state index in [1.54, 1.807) is 12.1 Å². The van der Waals surface area contributed by atoms with Gasteiger partial charge in [0.25, 0.3) is 0 Å². The van der Waals surface area contributed by atoms with E-state index in [1.165, 1.54) is 4.31 Å². The highest BCUT2D eigenvalue weighted by Crippen LogP contribution is 2.23.